The highest BCUT2D eigenvalue weighted by Crippen LogP contribution is 2.34. The largest absolute Gasteiger partial charge is 0.490 e. The van der Waals surface area contributed by atoms with Gasteiger partial charge in [-0.3, -0.25) is 9.59 Å². The summed E-state index contributed by atoms with van der Waals surface area (Å²) in [7, 11) is 0. The lowest BCUT2D eigenvalue weighted by atomic mass is 10.1. The van der Waals surface area contributed by atoms with Crippen LogP contribution in [-0.4, -0.2) is 37.4 Å². The maximum absolute atomic E-state index is 12.7. The fraction of sp³-hybridized carbons (Fsp3) is 0.0968. The van der Waals surface area contributed by atoms with E-state index in [1.54, 1.807) is 91.9 Å². The molecule has 42 heavy (non-hydrogen) atoms. The van der Waals surface area contributed by atoms with Crippen molar-refractivity contribution in [3.63, 3.8) is 0 Å². The van der Waals surface area contributed by atoms with Crippen molar-refractivity contribution >= 4 is 45.6 Å². The molecule has 0 radical (unpaired) electrons. The van der Waals surface area contributed by atoms with Crippen molar-refractivity contribution in [2.24, 2.45) is 5.10 Å². The van der Waals surface area contributed by atoms with Gasteiger partial charge in [-0.15, -0.1) is 0 Å². The molecule has 11 heteroatoms. The third-order valence-electron chi connectivity index (χ3n) is 5.95. The highest BCUT2D eigenvalue weighted by molar-refractivity contribution is 9.10. The van der Waals surface area contributed by atoms with E-state index >= 15 is 0 Å². The summed E-state index contributed by atoms with van der Waals surface area (Å²) in [4.78, 5) is 37.9. The number of benzene rings is 4. The molecule has 0 aliphatic carbocycles. The minimum Gasteiger partial charge on any atom is -0.490 e. The van der Waals surface area contributed by atoms with E-state index in [1.165, 1.54) is 6.21 Å². The van der Waals surface area contributed by atoms with Gasteiger partial charge < -0.3 is 24.3 Å². The molecule has 1 heterocycles. The topological polar surface area (TPSA) is 125 Å². The first-order valence-corrected chi connectivity index (χ1v) is 13.6. The molecule has 4 aromatic carbocycles. The molecule has 0 bridgehead atoms. The molecule has 2 amide bonds. The van der Waals surface area contributed by atoms with E-state index in [1.807, 2.05) is 0 Å². The Morgan fingerprint density at radius 3 is 2.45 bits per heavy atom. The molecule has 0 spiro atoms. The number of nitrogens with one attached hydrogen (secondary N) is 2. The summed E-state index contributed by atoms with van der Waals surface area (Å²) in [6, 6.07) is 23.1. The standard InChI is InChI=1S/C31H24BrN3O7/c1-2-39-27-14-19(6-12-26(27)42-31(38)22-9-13-25-28(16-22)41-18-40-25)17-33-35-30(37)21-4-3-5-24(15-21)34-29(36)20-7-10-23(32)11-8-20/h3-17H,2,18H2,1H3,(H,34,36)(H,35,37). The lowest BCUT2D eigenvalue weighted by Gasteiger charge is -2.11. The maximum atomic E-state index is 12.7. The van der Waals surface area contributed by atoms with Crippen LogP contribution in [0, 0.1) is 0 Å². The molecule has 2 N–H and O–H groups in total. The summed E-state index contributed by atoms with van der Waals surface area (Å²) in [6.07, 6.45) is 1.43. The molecule has 1 aliphatic rings. The Morgan fingerprint density at radius 1 is 0.857 bits per heavy atom. The predicted octanol–water partition coefficient (Wildman–Crippen LogP) is 5.81. The van der Waals surface area contributed by atoms with Gasteiger partial charge in [0.1, 0.15) is 0 Å². The van der Waals surface area contributed by atoms with Crippen LogP contribution in [0.4, 0.5) is 5.69 Å². The number of hydrazone groups is 1. The van der Waals surface area contributed by atoms with Gasteiger partial charge in [-0.2, -0.15) is 5.10 Å². The van der Waals surface area contributed by atoms with Crippen molar-refractivity contribution in [1.29, 1.82) is 0 Å². The number of anilines is 1. The minimum atomic E-state index is -0.585. The quantitative estimate of drug-likeness (QED) is 0.104. The second-order valence-corrected chi connectivity index (χ2v) is 9.75. The second-order valence-electron chi connectivity index (χ2n) is 8.84. The minimum absolute atomic E-state index is 0.101. The molecule has 4 aromatic rings. The average Bonchev–Trinajstić information content (AvgIpc) is 3.47. The first-order valence-electron chi connectivity index (χ1n) is 12.8. The van der Waals surface area contributed by atoms with Gasteiger partial charge in [0.05, 0.1) is 18.4 Å². The maximum Gasteiger partial charge on any atom is 0.343 e. The number of rotatable bonds is 9. The fourth-order valence-corrected chi connectivity index (χ4v) is 4.18. The van der Waals surface area contributed by atoms with Crippen molar-refractivity contribution in [3.05, 3.63) is 112 Å². The summed E-state index contributed by atoms with van der Waals surface area (Å²) in [5, 5.41) is 6.81. The van der Waals surface area contributed by atoms with Crippen LogP contribution in [0.1, 0.15) is 43.6 Å². The summed E-state index contributed by atoms with van der Waals surface area (Å²) < 4.78 is 22.7. The Hall–Kier alpha value is -5.16. The average molecular weight is 630 g/mol. The molecular formula is C31H24BrN3O7. The smallest absolute Gasteiger partial charge is 0.343 e. The Labute approximate surface area is 249 Å². The van der Waals surface area contributed by atoms with Gasteiger partial charge in [0, 0.05) is 21.3 Å². The van der Waals surface area contributed by atoms with Gasteiger partial charge in [-0.05, 0) is 91.3 Å². The first kappa shape index (κ1) is 28.4. The third-order valence-corrected chi connectivity index (χ3v) is 6.48. The van der Waals surface area contributed by atoms with E-state index in [4.69, 9.17) is 18.9 Å². The molecule has 10 nitrogen and oxygen atoms in total. The normalized spacial score (nSPS) is 11.7. The van der Waals surface area contributed by atoms with Gasteiger partial charge in [0.25, 0.3) is 11.8 Å². The second kappa shape index (κ2) is 13.0. The van der Waals surface area contributed by atoms with Crippen LogP contribution >= 0.6 is 15.9 Å². The highest BCUT2D eigenvalue weighted by atomic mass is 79.9. The van der Waals surface area contributed by atoms with E-state index in [9.17, 15) is 14.4 Å². The summed E-state index contributed by atoms with van der Waals surface area (Å²) in [5.41, 5.74) is 4.62. The number of amides is 2. The zero-order valence-electron chi connectivity index (χ0n) is 22.3. The van der Waals surface area contributed by atoms with Crippen molar-refractivity contribution in [3.8, 4) is 23.0 Å². The monoisotopic (exact) mass is 629 g/mol. The Morgan fingerprint density at radius 2 is 1.64 bits per heavy atom. The predicted molar refractivity (Wildman–Crippen MR) is 159 cm³/mol. The number of hydrogen-bond donors (Lipinski definition) is 2. The summed E-state index contributed by atoms with van der Waals surface area (Å²) in [5.74, 6) is 0.240. The Balaban J connectivity index is 1.21. The molecule has 0 saturated heterocycles. The van der Waals surface area contributed by atoms with Crippen LogP contribution in [0.25, 0.3) is 0 Å². The van der Waals surface area contributed by atoms with E-state index in [-0.39, 0.29) is 18.4 Å². The molecule has 0 fully saturated rings. The molecule has 0 unspecified atom stereocenters. The number of fused-ring (bicyclic) bond motifs is 1. The highest BCUT2D eigenvalue weighted by Gasteiger charge is 2.19. The number of carbonyl (C=O) groups is 3. The number of halogens is 1. The third kappa shape index (κ3) is 6.94. The van der Waals surface area contributed by atoms with Gasteiger partial charge >= 0.3 is 5.97 Å². The van der Waals surface area contributed by atoms with E-state index in [0.29, 0.717) is 51.8 Å². The Kier molecular flexibility index (Phi) is 8.78. The molecule has 0 atom stereocenters. The van der Waals surface area contributed by atoms with Crippen molar-refractivity contribution < 1.29 is 33.3 Å². The van der Waals surface area contributed by atoms with Crippen LogP contribution in [-0.2, 0) is 0 Å². The van der Waals surface area contributed by atoms with Gasteiger partial charge in [-0.1, -0.05) is 22.0 Å². The summed E-state index contributed by atoms with van der Waals surface area (Å²) >= 11 is 3.34. The molecule has 5 rings (SSSR count). The van der Waals surface area contributed by atoms with Crippen LogP contribution in [0.2, 0.25) is 0 Å². The SMILES string of the molecule is CCOc1cc(C=NNC(=O)c2cccc(NC(=O)c3ccc(Br)cc3)c2)ccc1OC(=O)c1ccc2c(c1)OCO2. The number of nitrogens with zero attached hydrogens (tertiary/aromatic N) is 1. The number of carbonyl (C=O) groups excluding carboxylic acids is 3. The van der Waals surface area contributed by atoms with Gasteiger partial charge in [0.15, 0.2) is 23.0 Å². The molecule has 212 valence electrons. The summed E-state index contributed by atoms with van der Waals surface area (Å²) in [6.45, 7) is 2.24. The van der Waals surface area contributed by atoms with Crippen molar-refractivity contribution in [2.75, 3.05) is 18.7 Å². The number of ether oxygens (including phenoxy) is 4. The van der Waals surface area contributed by atoms with E-state index in [0.717, 1.165) is 4.47 Å². The number of esters is 1. The number of hydrogen-bond acceptors (Lipinski definition) is 8. The van der Waals surface area contributed by atoms with Crippen molar-refractivity contribution in [2.45, 2.75) is 6.92 Å². The van der Waals surface area contributed by atoms with Gasteiger partial charge in [0.2, 0.25) is 6.79 Å². The fourth-order valence-electron chi connectivity index (χ4n) is 3.91. The zero-order chi connectivity index (χ0) is 29.5. The van der Waals surface area contributed by atoms with E-state index in [2.05, 4.69) is 31.8 Å². The van der Waals surface area contributed by atoms with Crippen LogP contribution < -0.4 is 29.7 Å². The van der Waals surface area contributed by atoms with Crippen LogP contribution in [0.15, 0.2) is 94.5 Å². The van der Waals surface area contributed by atoms with Gasteiger partial charge in [-0.25, -0.2) is 10.2 Å². The Bertz CT molecular complexity index is 1670. The molecule has 0 aromatic heterocycles. The lowest BCUT2D eigenvalue weighted by Crippen LogP contribution is -2.18. The van der Waals surface area contributed by atoms with Crippen LogP contribution in [0.3, 0.4) is 0 Å². The lowest BCUT2D eigenvalue weighted by molar-refractivity contribution is 0.0727. The van der Waals surface area contributed by atoms with Crippen molar-refractivity contribution in [1.82, 2.24) is 5.43 Å². The van der Waals surface area contributed by atoms with E-state index < -0.39 is 11.9 Å². The molecular weight excluding hydrogens is 606 g/mol. The van der Waals surface area contributed by atoms with Crippen LogP contribution in [0.5, 0.6) is 23.0 Å². The zero-order valence-corrected chi connectivity index (χ0v) is 23.8. The molecule has 1 aliphatic heterocycles. The first-order chi connectivity index (χ1) is 20.4. The molecule has 0 saturated carbocycles.